The number of amides is 1. The first-order valence-electron chi connectivity index (χ1n) is 11.8. The van der Waals surface area contributed by atoms with Gasteiger partial charge in [-0.1, -0.05) is 42.4 Å². The number of aliphatic imine (C=N–C) groups is 1. The number of benzene rings is 1. The molecule has 1 aliphatic carbocycles. The van der Waals surface area contributed by atoms with Gasteiger partial charge in [0.25, 0.3) is 5.89 Å². The number of nitrogens with two attached hydrogens (primary N) is 2. The van der Waals surface area contributed by atoms with Crippen molar-refractivity contribution in [2.75, 3.05) is 14.1 Å². The van der Waals surface area contributed by atoms with Gasteiger partial charge in [0, 0.05) is 38.3 Å². The molecule has 3 aromatic rings. The van der Waals surface area contributed by atoms with Crippen molar-refractivity contribution in [3.8, 4) is 11.5 Å². The normalized spacial score (nSPS) is 16.0. The molecule has 2 heterocycles. The molecule has 1 aliphatic rings. The van der Waals surface area contributed by atoms with Crippen molar-refractivity contribution in [2.45, 2.75) is 38.1 Å². The Labute approximate surface area is 210 Å². The maximum atomic E-state index is 12.0. The zero-order valence-corrected chi connectivity index (χ0v) is 20.9. The molecule has 10 nitrogen and oxygen atoms in total. The van der Waals surface area contributed by atoms with Crippen LogP contribution in [-0.4, -0.2) is 51.0 Å². The van der Waals surface area contributed by atoms with Gasteiger partial charge in [-0.2, -0.15) is 10.1 Å². The molecule has 188 valence electrons. The van der Waals surface area contributed by atoms with E-state index in [1.165, 1.54) is 17.5 Å². The average molecular weight is 489 g/mol. The van der Waals surface area contributed by atoms with Crippen LogP contribution in [-0.2, 0) is 16.8 Å². The molecule has 4 rings (SSSR count). The first-order chi connectivity index (χ1) is 17.2. The summed E-state index contributed by atoms with van der Waals surface area (Å²) in [6.07, 6.45) is 9.82. The first-order valence-corrected chi connectivity index (χ1v) is 11.8. The van der Waals surface area contributed by atoms with Crippen LogP contribution in [0.1, 0.15) is 43.1 Å². The van der Waals surface area contributed by atoms with E-state index in [1.807, 2.05) is 12.1 Å². The second-order valence-electron chi connectivity index (χ2n) is 9.42. The fourth-order valence-electron chi connectivity index (χ4n) is 4.30. The van der Waals surface area contributed by atoms with Crippen LogP contribution >= 0.6 is 0 Å². The quantitative estimate of drug-likeness (QED) is 0.441. The number of allylic oxidation sites excluding steroid dienone is 1. The van der Waals surface area contributed by atoms with Crippen LogP contribution in [0.15, 0.2) is 64.8 Å². The lowest BCUT2D eigenvalue weighted by molar-refractivity contribution is -0.129. The molecular formula is C26H32N8O2. The highest BCUT2D eigenvalue weighted by Crippen LogP contribution is 2.47. The van der Waals surface area contributed by atoms with Gasteiger partial charge < -0.3 is 20.9 Å². The van der Waals surface area contributed by atoms with Crippen molar-refractivity contribution < 1.29 is 9.32 Å². The third-order valence-electron chi connectivity index (χ3n) is 6.86. The van der Waals surface area contributed by atoms with Crippen LogP contribution in [0.4, 0.5) is 0 Å². The molecule has 1 atom stereocenters. The summed E-state index contributed by atoms with van der Waals surface area (Å²) in [6.45, 7) is 5.89. The highest BCUT2D eigenvalue weighted by atomic mass is 16.5. The van der Waals surface area contributed by atoms with Gasteiger partial charge in [-0.15, -0.1) is 0 Å². The third-order valence-corrected chi connectivity index (χ3v) is 6.86. The number of nitrogens with zero attached hydrogens (tertiary/aromatic N) is 6. The van der Waals surface area contributed by atoms with E-state index in [1.54, 1.807) is 37.4 Å². The van der Waals surface area contributed by atoms with Crippen LogP contribution in [0, 0.1) is 5.92 Å². The summed E-state index contributed by atoms with van der Waals surface area (Å²) >= 11 is 0. The Morgan fingerprint density at radius 3 is 2.64 bits per heavy atom. The minimum absolute atomic E-state index is 0.0521. The van der Waals surface area contributed by atoms with E-state index in [0.29, 0.717) is 23.2 Å². The fourth-order valence-corrected chi connectivity index (χ4v) is 4.30. The monoisotopic (exact) mass is 488 g/mol. The van der Waals surface area contributed by atoms with Crippen LogP contribution in [0.3, 0.4) is 0 Å². The highest BCUT2D eigenvalue weighted by Gasteiger charge is 2.44. The van der Waals surface area contributed by atoms with Crippen molar-refractivity contribution >= 4 is 17.7 Å². The molecule has 0 spiro atoms. The number of carbonyl (C=O) groups is 1. The SMILES string of the molecule is C=C(N)N=C/C(=C\N)c1ccc([C@](C)(c2noc(-c3cnn(CC(=O)N(C)C)c3)n2)C2CCC2)cc1. The molecular weight excluding hydrogens is 456 g/mol. The number of likely N-dealkylation sites (N-methyl/N-ethyl adjacent to an activating group) is 1. The van der Waals surface area contributed by atoms with E-state index in [2.05, 4.69) is 40.9 Å². The van der Waals surface area contributed by atoms with E-state index in [9.17, 15) is 4.79 Å². The molecule has 1 aromatic carbocycles. The van der Waals surface area contributed by atoms with Crippen molar-refractivity contribution in [2.24, 2.45) is 22.4 Å². The van der Waals surface area contributed by atoms with Gasteiger partial charge in [-0.25, -0.2) is 4.99 Å². The van der Waals surface area contributed by atoms with Gasteiger partial charge in [0.15, 0.2) is 5.82 Å². The average Bonchev–Trinajstić information content (AvgIpc) is 3.48. The molecule has 0 unspecified atom stereocenters. The molecule has 1 fully saturated rings. The summed E-state index contributed by atoms with van der Waals surface area (Å²) in [5.41, 5.74) is 14.3. The van der Waals surface area contributed by atoms with Crippen LogP contribution in [0.2, 0.25) is 0 Å². The van der Waals surface area contributed by atoms with Gasteiger partial charge >= 0.3 is 0 Å². The van der Waals surface area contributed by atoms with Gasteiger partial charge in [-0.05, 0) is 36.8 Å². The Balaban J connectivity index is 1.62. The molecule has 4 N–H and O–H groups in total. The maximum Gasteiger partial charge on any atom is 0.261 e. The van der Waals surface area contributed by atoms with Crippen LogP contribution in [0.5, 0.6) is 0 Å². The van der Waals surface area contributed by atoms with Gasteiger partial charge in [0.2, 0.25) is 5.91 Å². The lowest BCUT2D eigenvalue weighted by Gasteiger charge is -2.41. The van der Waals surface area contributed by atoms with E-state index >= 15 is 0 Å². The highest BCUT2D eigenvalue weighted by molar-refractivity contribution is 6.09. The van der Waals surface area contributed by atoms with Gasteiger partial charge in [-0.3, -0.25) is 9.48 Å². The Bertz CT molecular complexity index is 1300. The lowest BCUT2D eigenvalue weighted by atomic mass is 9.62. The minimum atomic E-state index is -0.429. The number of aromatic nitrogens is 4. The predicted octanol–water partition coefficient (Wildman–Crippen LogP) is 2.93. The molecule has 10 heteroatoms. The topological polar surface area (TPSA) is 141 Å². The number of hydrogen-bond donors (Lipinski definition) is 2. The standard InChI is InChI=1S/C26H32N8O2/c1-17(28)29-13-19(12-27)18-8-10-22(11-9-18)26(2,21-6-5-7-21)25-31-24(36-32-25)20-14-30-34(15-20)16-23(35)33(3)4/h8-15,21H,1,5-7,16,27-28H2,2-4H3/b19-12+,29-13?/t26-/m1/s1. The molecule has 1 amide bonds. The summed E-state index contributed by atoms with van der Waals surface area (Å²) in [6, 6.07) is 8.15. The van der Waals surface area contributed by atoms with Gasteiger partial charge in [0.1, 0.15) is 12.4 Å². The number of carbonyl (C=O) groups excluding carboxylic acids is 1. The number of hydrogen-bond acceptors (Lipinski definition) is 8. The molecule has 0 aliphatic heterocycles. The molecule has 2 aromatic heterocycles. The third kappa shape index (κ3) is 4.93. The maximum absolute atomic E-state index is 12.0. The Morgan fingerprint density at radius 2 is 2.06 bits per heavy atom. The van der Waals surface area contributed by atoms with Crippen molar-refractivity contribution in [3.63, 3.8) is 0 Å². The molecule has 0 bridgehead atoms. The molecule has 0 saturated heterocycles. The summed E-state index contributed by atoms with van der Waals surface area (Å²) < 4.78 is 7.23. The first kappa shape index (κ1) is 24.9. The van der Waals surface area contributed by atoms with E-state index in [4.69, 9.17) is 21.0 Å². The molecule has 0 radical (unpaired) electrons. The summed E-state index contributed by atoms with van der Waals surface area (Å²) in [7, 11) is 3.42. The molecule has 36 heavy (non-hydrogen) atoms. The van der Waals surface area contributed by atoms with E-state index in [0.717, 1.165) is 29.5 Å². The Hall–Kier alpha value is -4.21. The second kappa shape index (κ2) is 10.2. The number of rotatable bonds is 9. The minimum Gasteiger partial charge on any atom is -0.404 e. The summed E-state index contributed by atoms with van der Waals surface area (Å²) in [5.74, 6) is 1.56. The summed E-state index contributed by atoms with van der Waals surface area (Å²) in [5, 5.41) is 8.66. The van der Waals surface area contributed by atoms with Gasteiger partial charge in [0.05, 0.1) is 17.2 Å². The zero-order valence-electron chi connectivity index (χ0n) is 20.9. The fraction of sp³-hybridized carbons (Fsp3) is 0.346. The van der Waals surface area contributed by atoms with Crippen molar-refractivity contribution in [3.05, 3.63) is 72.2 Å². The zero-order chi connectivity index (χ0) is 25.9. The molecule has 1 saturated carbocycles. The largest absolute Gasteiger partial charge is 0.404 e. The predicted molar refractivity (Wildman–Crippen MR) is 138 cm³/mol. The second-order valence-corrected chi connectivity index (χ2v) is 9.42. The van der Waals surface area contributed by atoms with Crippen LogP contribution < -0.4 is 11.5 Å². The Kier molecular flexibility index (Phi) is 7.05. The Morgan fingerprint density at radius 1 is 1.33 bits per heavy atom. The smallest absolute Gasteiger partial charge is 0.261 e. The van der Waals surface area contributed by atoms with Crippen molar-refractivity contribution in [1.29, 1.82) is 0 Å². The van der Waals surface area contributed by atoms with E-state index in [-0.39, 0.29) is 18.3 Å². The van der Waals surface area contributed by atoms with Crippen LogP contribution in [0.25, 0.3) is 17.0 Å². The van der Waals surface area contributed by atoms with E-state index < -0.39 is 5.41 Å². The summed E-state index contributed by atoms with van der Waals surface area (Å²) in [4.78, 5) is 22.4. The van der Waals surface area contributed by atoms with Crippen molar-refractivity contribution in [1.82, 2.24) is 24.8 Å². The lowest BCUT2D eigenvalue weighted by Crippen LogP contribution is -2.38.